The molecule has 5 heteroatoms. The molecule has 2 rings (SSSR count). The lowest BCUT2D eigenvalue weighted by Gasteiger charge is -2.18. The fraction of sp³-hybridized carbons (Fsp3) is 0.526. The quantitative estimate of drug-likeness (QED) is 0.871. The Labute approximate surface area is 143 Å². The van der Waals surface area contributed by atoms with Gasteiger partial charge in [0.05, 0.1) is 0 Å². The van der Waals surface area contributed by atoms with E-state index in [-0.39, 0.29) is 11.3 Å². The van der Waals surface area contributed by atoms with Gasteiger partial charge >= 0.3 is 0 Å². The SMILES string of the molecule is CC(C)c1ccc(-c2noc(CCC(=O)NCC(C)(C)C)n2)cc1. The Morgan fingerprint density at radius 2 is 1.88 bits per heavy atom. The first-order chi connectivity index (χ1) is 11.2. The Morgan fingerprint density at radius 1 is 1.21 bits per heavy atom. The highest BCUT2D eigenvalue weighted by Gasteiger charge is 2.14. The highest BCUT2D eigenvalue weighted by molar-refractivity contribution is 5.76. The van der Waals surface area contributed by atoms with Crippen molar-refractivity contribution in [1.82, 2.24) is 15.5 Å². The molecule has 0 unspecified atom stereocenters. The van der Waals surface area contributed by atoms with Gasteiger partial charge in [-0.2, -0.15) is 4.98 Å². The minimum atomic E-state index is 0.00552. The topological polar surface area (TPSA) is 68.0 Å². The van der Waals surface area contributed by atoms with Crippen LogP contribution in [-0.4, -0.2) is 22.6 Å². The zero-order valence-electron chi connectivity index (χ0n) is 15.2. The summed E-state index contributed by atoms with van der Waals surface area (Å²) in [6.07, 6.45) is 0.803. The number of aryl methyl sites for hydroxylation is 1. The van der Waals surface area contributed by atoms with Crippen molar-refractivity contribution in [3.8, 4) is 11.4 Å². The van der Waals surface area contributed by atoms with Crippen molar-refractivity contribution in [3.05, 3.63) is 35.7 Å². The standard InChI is InChI=1S/C19H27N3O2/c1-13(2)14-6-8-15(9-7-14)18-21-17(24-22-18)11-10-16(23)20-12-19(3,4)5/h6-9,13H,10-12H2,1-5H3,(H,20,23). The van der Waals surface area contributed by atoms with E-state index in [2.05, 4.69) is 62.2 Å². The summed E-state index contributed by atoms with van der Waals surface area (Å²) in [7, 11) is 0. The van der Waals surface area contributed by atoms with Gasteiger partial charge in [-0.25, -0.2) is 0 Å². The van der Waals surface area contributed by atoms with E-state index in [1.54, 1.807) is 0 Å². The number of amides is 1. The van der Waals surface area contributed by atoms with Crippen LogP contribution in [0.5, 0.6) is 0 Å². The van der Waals surface area contributed by atoms with E-state index in [9.17, 15) is 4.79 Å². The first-order valence-electron chi connectivity index (χ1n) is 8.44. The minimum Gasteiger partial charge on any atom is -0.356 e. The average Bonchev–Trinajstić information content (AvgIpc) is 2.99. The molecule has 1 amide bonds. The molecule has 1 heterocycles. The molecule has 1 N–H and O–H groups in total. The van der Waals surface area contributed by atoms with Gasteiger partial charge in [-0.15, -0.1) is 0 Å². The van der Waals surface area contributed by atoms with Crippen molar-refractivity contribution in [3.63, 3.8) is 0 Å². The van der Waals surface area contributed by atoms with Gasteiger partial charge in [0.2, 0.25) is 17.6 Å². The van der Waals surface area contributed by atoms with E-state index in [1.807, 2.05) is 12.1 Å². The second-order valence-electron chi connectivity index (χ2n) is 7.63. The van der Waals surface area contributed by atoms with Crippen molar-refractivity contribution in [2.45, 2.75) is 53.4 Å². The summed E-state index contributed by atoms with van der Waals surface area (Å²) in [4.78, 5) is 16.2. The Hall–Kier alpha value is -2.17. The molecule has 0 radical (unpaired) electrons. The Balaban J connectivity index is 1.90. The molecule has 24 heavy (non-hydrogen) atoms. The summed E-state index contributed by atoms with van der Waals surface area (Å²) in [5.74, 6) is 1.55. The molecular weight excluding hydrogens is 302 g/mol. The van der Waals surface area contributed by atoms with E-state index in [0.29, 0.717) is 37.0 Å². The Morgan fingerprint density at radius 3 is 2.46 bits per heavy atom. The van der Waals surface area contributed by atoms with E-state index in [1.165, 1.54) is 5.56 Å². The number of aromatic nitrogens is 2. The van der Waals surface area contributed by atoms with Crippen LogP contribution in [0.3, 0.4) is 0 Å². The highest BCUT2D eigenvalue weighted by Crippen LogP contribution is 2.20. The number of hydrogen-bond donors (Lipinski definition) is 1. The van der Waals surface area contributed by atoms with Crippen molar-refractivity contribution < 1.29 is 9.32 Å². The zero-order valence-corrected chi connectivity index (χ0v) is 15.2. The molecule has 0 spiro atoms. The number of nitrogens with one attached hydrogen (secondary N) is 1. The second-order valence-corrected chi connectivity index (χ2v) is 7.63. The van der Waals surface area contributed by atoms with Gasteiger partial charge in [-0.1, -0.05) is 64.0 Å². The average molecular weight is 329 g/mol. The van der Waals surface area contributed by atoms with E-state index in [4.69, 9.17) is 4.52 Å². The maximum Gasteiger partial charge on any atom is 0.227 e. The molecule has 0 saturated heterocycles. The maximum atomic E-state index is 11.8. The van der Waals surface area contributed by atoms with E-state index in [0.717, 1.165) is 5.56 Å². The molecule has 1 aromatic carbocycles. The monoisotopic (exact) mass is 329 g/mol. The van der Waals surface area contributed by atoms with Crippen molar-refractivity contribution in [2.75, 3.05) is 6.54 Å². The van der Waals surface area contributed by atoms with Crippen LogP contribution < -0.4 is 5.32 Å². The summed E-state index contributed by atoms with van der Waals surface area (Å²) in [5.41, 5.74) is 2.28. The lowest BCUT2D eigenvalue weighted by molar-refractivity contribution is -0.121. The first-order valence-corrected chi connectivity index (χ1v) is 8.44. The summed E-state index contributed by atoms with van der Waals surface area (Å²) < 4.78 is 5.25. The van der Waals surface area contributed by atoms with E-state index < -0.39 is 0 Å². The predicted molar refractivity (Wildman–Crippen MR) is 94.6 cm³/mol. The molecule has 0 aliphatic carbocycles. The number of carbonyl (C=O) groups excluding carboxylic acids is 1. The third kappa shape index (κ3) is 5.48. The number of hydrogen-bond acceptors (Lipinski definition) is 4. The normalized spacial score (nSPS) is 11.8. The van der Waals surface area contributed by atoms with Gasteiger partial charge in [0.25, 0.3) is 0 Å². The summed E-state index contributed by atoms with van der Waals surface area (Å²) >= 11 is 0. The molecule has 0 bridgehead atoms. The third-order valence-electron chi connectivity index (χ3n) is 3.69. The van der Waals surface area contributed by atoms with Gasteiger partial charge in [-0.05, 0) is 16.9 Å². The van der Waals surface area contributed by atoms with Crippen LogP contribution in [0.2, 0.25) is 0 Å². The van der Waals surface area contributed by atoms with Crippen LogP contribution in [0.4, 0.5) is 0 Å². The van der Waals surface area contributed by atoms with Gasteiger partial charge in [0.1, 0.15) is 0 Å². The maximum absolute atomic E-state index is 11.8. The van der Waals surface area contributed by atoms with Crippen LogP contribution >= 0.6 is 0 Å². The summed E-state index contributed by atoms with van der Waals surface area (Å²) in [6.45, 7) is 11.2. The molecule has 0 aliphatic heterocycles. The smallest absolute Gasteiger partial charge is 0.227 e. The van der Waals surface area contributed by atoms with Crippen LogP contribution in [0, 0.1) is 5.41 Å². The largest absolute Gasteiger partial charge is 0.356 e. The van der Waals surface area contributed by atoms with Gasteiger partial charge in [-0.3, -0.25) is 4.79 Å². The lowest BCUT2D eigenvalue weighted by Crippen LogP contribution is -2.32. The molecule has 0 saturated carbocycles. The Bertz CT molecular complexity index is 667. The van der Waals surface area contributed by atoms with Crippen LogP contribution in [0.1, 0.15) is 58.4 Å². The number of rotatable bonds is 6. The number of benzene rings is 1. The molecule has 1 aromatic heterocycles. The molecule has 0 aliphatic rings. The summed E-state index contributed by atoms with van der Waals surface area (Å²) in [6, 6.07) is 8.16. The van der Waals surface area contributed by atoms with Crippen molar-refractivity contribution in [1.29, 1.82) is 0 Å². The molecule has 0 atom stereocenters. The minimum absolute atomic E-state index is 0.00552. The van der Waals surface area contributed by atoms with Crippen LogP contribution in [-0.2, 0) is 11.2 Å². The molecule has 0 fully saturated rings. The molecule has 130 valence electrons. The van der Waals surface area contributed by atoms with Gasteiger partial charge < -0.3 is 9.84 Å². The van der Waals surface area contributed by atoms with Crippen molar-refractivity contribution >= 4 is 5.91 Å². The molecular formula is C19H27N3O2. The van der Waals surface area contributed by atoms with E-state index >= 15 is 0 Å². The van der Waals surface area contributed by atoms with Crippen molar-refractivity contribution in [2.24, 2.45) is 5.41 Å². The van der Waals surface area contributed by atoms with Crippen LogP contribution in [0.25, 0.3) is 11.4 Å². The number of carbonyl (C=O) groups is 1. The first kappa shape index (κ1) is 18.2. The van der Waals surface area contributed by atoms with Gasteiger partial charge in [0.15, 0.2) is 0 Å². The predicted octanol–water partition coefficient (Wildman–Crippen LogP) is 3.95. The number of nitrogens with zero attached hydrogens (tertiary/aromatic N) is 2. The second kappa shape index (κ2) is 7.60. The van der Waals surface area contributed by atoms with Gasteiger partial charge in [0, 0.05) is 24.9 Å². The highest BCUT2D eigenvalue weighted by atomic mass is 16.5. The molecule has 2 aromatic rings. The Kier molecular flexibility index (Phi) is 5.75. The lowest BCUT2D eigenvalue weighted by atomic mass is 9.97. The summed E-state index contributed by atoms with van der Waals surface area (Å²) in [5, 5.41) is 6.93. The fourth-order valence-electron chi connectivity index (χ4n) is 2.16. The molecule has 5 nitrogen and oxygen atoms in total. The zero-order chi connectivity index (χ0) is 17.7. The van der Waals surface area contributed by atoms with Crippen LogP contribution in [0.15, 0.2) is 28.8 Å². The third-order valence-corrected chi connectivity index (χ3v) is 3.69. The fourth-order valence-corrected chi connectivity index (χ4v) is 2.16.